The molecule has 0 saturated carbocycles. The first-order valence-electron chi connectivity index (χ1n) is 6.92. The summed E-state index contributed by atoms with van der Waals surface area (Å²) in [7, 11) is 0. The molecule has 0 heterocycles. The van der Waals surface area contributed by atoms with E-state index in [2.05, 4.69) is 5.32 Å². The lowest BCUT2D eigenvalue weighted by atomic mass is 9.79. The molecule has 6 heteroatoms. The van der Waals surface area contributed by atoms with Crippen LogP contribution in [0.2, 0.25) is 10.0 Å². The summed E-state index contributed by atoms with van der Waals surface area (Å²) in [5, 5.41) is 11.9. The summed E-state index contributed by atoms with van der Waals surface area (Å²) in [5.74, 6) is -1.13. The van der Waals surface area contributed by atoms with Gasteiger partial charge in [0.15, 0.2) is 0 Å². The topological polar surface area (TPSA) is 49.3 Å². The molecule has 1 aromatic carbocycles. The molecule has 0 atom stereocenters. The number of rotatable bonds is 7. The van der Waals surface area contributed by atoms with Crippen molar-refractivity contribution in [2.75, 3.05) is 13.2 Å². The van der Waals surface area contributed by atoms with E-state index >= 15 is 0 Å². The lowest BCUT2D eigenvalue weighted by Crippen LogP contribution is -2.37. The number of hydrogen-bond acceptors (Lipinski definition) is 2. The highest BCUT2D eigenvalue weighted by Gasteiger charge is 2.26. The minimum Gasteiger partial charge on any atom is -0.396 e. The fraction of sp³-hybridized carbons (Fsp3) is 0.533. The molecule has 0 unspecified atom stereocenters. The molecule has 1 aromatic rings. The van der Waals surface area contributed by atoms with Crippen molar-refractivity contribution in [3.8, 4) is 0 Å². The third-order valence-corrected chi connectivity index (χ3v) is 4.62. The Bertz CT molecular complexity index is 505. The Balaban J connectivity index is 2.84. The van der Waals surface area contributed by atoms with E-state index in [9.17, 15) is 9.18 Å². The zero-order chi connectivity index (χ0) is 16.0. The van der Waals surface area contributed by atoms with E-state index in [0.717, 1.165) is 18.9 Å². The Morgan fingerprint density at radius 2 is 1.90 bits per heavy atom. The van der Waals surface area contributed by atoms with Gasteiger partial charge in [0, 0.05) is 13.2 Å². The highest BCUT2D eigenvalue weighted by Crippen LogP contribution is 2.30. The molecule has 2 N–H and O–H groups in total. The van der Waals surface area contributed by atoms with Crippen molar-refractivity contribution < 1.29 is 14.3 Å². The smallest absolute Gasteiger partial charge is 0.252 e. The van der Waals surface area contributed by atoms with Crippen molar-refractivity contribution in [2.24, 2.45) is 5.41 Å². The standard InChI is InChI=1S/C15H20Cl2FNO2/c1-3-15(4-2,5-6-20)9-19-14(21)10-7-13(18)12(17)8-11(10)16/h7-8,20H,3-6,9H2,1-2H3,(H,19,21). The molecule has 1 rings (SSSR count). The van der Waals surface area contributed by atoms with Crippen molar-refractivity contribution in [3.63, 3.8) is 0 Å². The van der Waals surface area contributed by atoms with Crippen molar-refractivity contribution in [1.82, 2.24) is 5.32 Å². The van der Waals surface area contributed by atoms with Crippen LogP contribution in [0.25, 0.3) is 0 Å². The summed E-state index contributed by atoms with van der Waals surface area (Å²) < 4.78 is 13.4. The Labute approximate surface area is 134 Å². The number of nitrogens with one attached hydrogen (secondary N) is 1. The van der Waals surface area contributed by atoms with Gasteiger partial charge in [-0.15, -0.1) is 0 Å². The van der Waals surface area contributed by atoms with E-state index in [1.807, 2.05) is 13.8 Å². The second kappa shape index (κ2) is 7.97. The molecule has 0 aliphatic carbocycles. The van der Waals surface area contributed by atoms with Crippen LogP contribution in [0.5, 0.6) is 0 Å². The Hall–Kier alpha value is -0.840. The van der Waals surface area contributed by atoms with E-state index < -0.39 is 11.7 Å². The highest BCUT2D eigenvalue weighted by atomic mass is 35.5. The van der Waals surface area contributed by atoms with Crippen LogP contribution < -0.4 is 5.32 Å². The molecular formula is C15H20Cl2FNO2. The third-order valence-electron chi connectivity index (χ3n) is 4.02. The molecule has 118 valence electrons. The average molecular weight is 336 g/mol. The molecule has 0 aliphatic heterocycles. The van der Waals surface area contributed by atoms with Crippen molar-refractivity contribution in [3.05, 3.63) is 33.6 Å². The normalized spacial score (nSPS) is 11.5. The summed E-state index contributed by atoms with van der Waals surface area (Å²) in [6, 6.07) is 2.25. The molecule has 3 nitrogen and oxygen atoms in total. The third kappa shape index (κ3) is 4.56. The van der Waals surface area contributed by atoms with Gasteiger partial charge in [-0.05, 0) is 36.8 Å². The maximum Gasteiger partial charge on any atom is 0.252 e. The predicted octanol–water partition coefficient (Wildman–Crippen LogP) is 4.05. The van der Waals surface area contributed by atoms with Gasteiger partial charge in [-0.1, -0.05) is 37.0 Å². The fourth-order valence-corrected chi connectivity index (χ4v) is 2.71. The molecule has 0 spiro atoms. The highest BCUT2D eigenvalue weighted by molar-refractivity contribution is 6.36. The summed E-state index contributed by atoms with van der Waals surface area (Å²) in [6.45, 7) is 4.49. The summed E-state index contributed by atoms with van der Waals surface area (Å²) in [5.41, 5.74) is -0.106. The van der Waals surface area contributed by atoms with Crippen LogP contribution in [0.4, 0.5) is 4.39 Å². The maximum atomic E-state index is 13.4. The SMILES string of the molecule is CCC(CC)(CCO)CNC(=O)c1cc(F)c(Cl)cc1Cl. The monoisotopic (exact) mass is 335 g/mol. The quantitative estimate of drug-likeness (QED) is 0.738. The minimum absolute atomic E-state index is 0.0590. The lowest BCUT2D eigenvalue weighted by molar-refractivity contribution is 0.0907. The van der Waals surface area contributed by atoms with Crippen LogP contribution in [0, 0.1) is 11.2 Å². The largest absolute Gasteiger partial charge is 0.396 e. The van der Waals surface area contributed by atoms with Crippen LogP contribution in [0.3, 0.4) is 0 Å². The lowest BCUT2D eigenvalue weighted by Gasteiger charge is -2.31. The first-order chi connectivity index (χ1) is 9.89. The molecule has 21 heavy (non-hydrogen) atoms. The van der Waals surface area contributed by atoms with E-state index in [0.29, 0.717) is 13.0 Å². The van der Waals surface area contributed by atoms with Gasteiger partial charge in [-0.25, -0.2) is 4.39 Å². The van der Waals surface area contributed by atoms with Gasteiger partial charge < -0.3 is 10.4 Å². The van der Waals surface area contributed by atoms with Gasteiger partial charge in [0.05, 0.1) is 15.6 Å². The van der Waals surface area contributed by atoms with Crippen molar-refractivity contribution in [1.29, 1.82) is 0 Å². The van der Waals surface area contributed by atoms with Gasteiger partial charge >= 0.3 is 0 Å². The van der Waals surface area contributed by atoms with E-state index in [1.54, 1.807) is 0 Å². The van der Waals surface area contributed by atoms with Crippen molar-refractivity contribution in [2.45, 2.75) is 33.1 Å². The van der Waals surface area contributed by atoms with Gasteiger partial charge in [-0.3, -0.25) is 4.79 Å². The van der Waals surface area contributed by atoms with Crippen molar-refractivity contribution >= 4 is 29.1 Å². The molecular weight excluding hydrogens is 316 g/mol. The zero-order valence-corrected chi connectivity index (χ0v) is 13.7. The summed E-state index contributed by atoms with van der Waals surface area (Å²) >= 11 is 11.5. The molecule has 0 fully saturated rings. The number of halogens is 3. The number of aliphatic hydroxyl groups excluding tert-OH is 1. The van der Waals surface area contributed by atoms with Crippen LogP contribution in [0.1, 0.15) is 43.5 Å². The van der Waals surface area contributed by atoms with Gasteiger partial charge in [0.1, 0.15) is 5.82 Å². The number of carbonyl (C=O) groups excluding carboxylic acids is 1. The van der Waals surface area contributed by atoms with Gasteiger partial charge in [-0.2, -0.15) is 0 Å². The average Bonchev–Trinajstić information content (AvgIpc) is 2.47. The second-order valence-electron chi connectivity index (χ2n) is 5.11. The second-order valence-corrected chi connectivity index (χ2v) is 5.92. The minimum atomic E-state index is -0.682. The molecule has 0 radical (unpaired) electrons. The molecule has 0 aromatic heterocycles. The molecule has 0 aliphatic rings. The number of amides is 1. The van der Waals surface area contributed by atoms with Crippen LogP contribution in [-0.4, -0.2) is 24.2 Å². The molecule has 1 amide bonds. The number of hydrogen-bond donors (Lipinski definition) is 2. The van der Waals surface area contributed by atoms with Crippen LogP contribution in [-0.2, 0) is 0 Å². The van der Waals surface area contributed by atoms with E-state index in [4.69, 9.17) is 28.3 Å². The molecule has 0 bridgehead atoms. The predicted molar refractivity (Wildman–Crippen MR) is 83.5 cm³/mol. The molecule has 0 saturated heterocycles. The fourth-order valence-electron chi connectivity index (χ4n) is 2.24. The van der Waals surface area contributed by atoms with E-state index in [-0.39, 0.29) is 27.6 Å². The summed E-state index contributed by atoms with van der Waals surface area (Å²) in [4.78, 5) is 12.1. The Morgan fingerprint density at radius 1 is 1.29 bits per heavy atom. The van der Waals surface area contributed by atoms with E-state index in [1.165, 1.54) is 6.07 Å². The number of benzene rings is 1. The first kappa shape index (κ1) is 18.2. The van der Waals surface area contributed by atoms with Crippen LogP contribution in [0.15, 0.2) is 12.1 Å². The number of carbonyl (C=O) groups is 1. The maximum absolute atomic E-state index is 13.4. The Morgan fingerprint density at radius 3 is 2.43 bits per heavy atom. The van der Waals surface area contributed by atoms with Gasteiger partial charge in [0.2, 0.25) is 0 Å². The summed E-state index contributed by atoms with van der Waals surface area (Å²) in [6.07, 6.45) is 2.25. The number of aliphatic hydroxyl groups is 1. The first-order valence-corrected chi connectivity index (χ1v) is 7.68. The Kier molecular flexibility index (Phi) is 6.91. The van der Waals surface area contributed by atoms with Gasteiger partial charge in [0.25, 0.3) is 5.91 Å². The van der Waals surface area contributed by atoms with Crippen LogP contribution >= 0.6 is 23.2 Å². The zero-order valence-electron chi connectivity index (χ0n) is 12.2.